The standard InChI is InChI=1S/C15H22ClNO3/c1-2-3-11-20-15(19)17-14(16)13(18)10-9-12-7-5-4-6-8-12/h4-8,13-14,18H,2-3,9-11H2,1H3,(H,17,19). The first-order valence-electron chi connectivity index (χ1n) is 6.92. The first-order chi connectivity index (χ1) is 9.63. The van der Waals surface area contributed by atoms with E-state index in [0.717, 1.165) is 18.4 Å². The summed E-state index contributed by atoms with van der Waals surface area (Å²) in [6.07, 6.45) is 1.56. The summed E-state index contributed by atoms with van der Waals surface area (Å²) in [6, 6.07) is 9.81. The van der Waals surface area contributed by atoms with Crippen molar-refractivity contribution in [1.29, 1.82) is 0 Å². The zero-order valence-electron chi connectivity index (χ0n) is 11.7. The highest BCUT2D eigenvalue weighted by molar-refractivity contribution is 6.21. The monoisotopic (exact) mass is 299 g/mol. The topological polar surface area (TPSA) is 58.6 Å². The highest BCUT2D eigenvalue weighted by atomic mass is 35.5. The largest absolute Gasteiger partial charge is 0.450 e. The van der Waals surface area contributed by atoms with Crippen molar-refractivity contribution in [3.63, 3.8) is 0 Å². The van der Waals surface area contributed by atoms with Gasteiger partial charge in [0, 0.05) is 0 Å². The third-order valence-electron chi connectivity index (χ3n) is 2.90. The Morgan fingerprint density at radius 1 is 1.40 bits per heavy atom. The average Bonchev–Trinajstić information content (AvgIpc) is 2.46. The predicted molar refractivity (Wildman–Crippen MR) is 79.8 cm³/mol. The fourth-order valence-electron chi connectivity index (χ4n) is 1.67. The number of ether oxygens (including phenoxy) is 1. The van der Waals surface area contributed by atoms with Crippen LogP contribution >= 0.6 is 11.6 Å². The molecule has 0 heterocycles. The highest BCUT2D eigenvalue weighted by Crippen LogP contribution is 2.10. The molecular formula is C15H22ClNO3. The van der Waals surface area contributed by atoms with Crippen molar-refractivity contribution < 1.29 is 14.6 Å². The van der Waals surface area contributed by atoms with E-state index in [4.69, 9.17) is 16.3 Å². The van der Waals surface area contributed by atoms with Crippen LogP contribution in [0, 0.1) is 0 Å². The van der Waals surface area contributed by atoms with Gasteiger partial charge in [0.05, 0.1) is 12.7 Å². The summed E-state index contributed by atoms with van der Waals surface area (Å²) in [5.74, 6) is 0. The summed E-state index contributed by atoms with van der Waals surface area (Å²) in [7, 11) is 0. The number of unbranched alkanes of at least 4 members (excludes halogenated alkanes) is 1. The zero-order valence-corrected chi connectivity index (χ0v) is 12.5. The second-order valence-electron chi connectivity index (χ2n) is 4.63. The zero-order chi connectivity index (χ0) is 14.8. The third-order valence-corrected chi connectivity index (χ3v) is 3.30. The summed E-state index contributed by atoms with van der Waals surface area (Å²) in [5.41, 5.74) is 0.286. The number of aryl methyl sites for hydroxylation is 1. The Kier molecular flexibility index (Phi) is 8.07. The molecule has 0 saturated heterocycles. The molecule has 1 aromatic carbocycles. The number of halogens is 1. The molecule has 2 N–H and O–H groups in total. The van der Waals surface area contributed by atoms with E-state index in [0.29, 0.717) is 19.4 Å². The molecule has 0 radical (unpaired) electrons. The van der Waals surface area contributed by atoms with Gasteiger partial charge in [-0.05, 0) is 24.8 Å². The van der Waals surface area contributed by atoms with Gasteiger partial charge in [-0.15, -0.1) is 0 Å². The van der Waals surface area contributed by atoms with Gasteiger partial charge in [0.2, 0.25) is 0 Å². The Morgan fingerprint density at radius 2 is 2.10 bits per heavy atom. The highest BCUT2D eigenvalue weighted by Gasteiger charge is 2.19. The molecule has 0 bridgehead atoms. The predicted octanol–water partition coefficient (Wildman–Crippen LogP) is 3.07. The number of hydrogen-bond acceptors (Lipinski definition) is 3. The molecule has 1 amide bonds. The number of alkyl halides is 1. The Balaban J connectivity index is 2.24. The van der Waals surface area contributed by atoms with Crippen LogP contribution in [0.15, 0.2) is 30.3 Å². The molecule has 2 atom stereocenters. The molecule has 0 saturated carbocycles. The number of amides is 1. The van der Waals surface area contributed by atoms with Gasteiger partial charge in [-0.25, -0.2) is 4.79 Å². The molecule has 0 aromatic heterocycles. The number of alkyl carbamates (subject to hydrolysis) is 1. The molecule has 0 aliphatic rings. The van der Waals surface area contributed by atoms with Crippen molar-refractivity contribution in [2.75, 3.05) is 6.61 Å². The van der Waals surface area contributed by atoms with Crippen LogP contribution in [0.1, 0.15) is 31.7 Å². The van der Waals surface area contributed by atoms with Gasteiger partial charge >= 0.3 is 6.09 Å². The lowest BCUT2D eigenvalue weighted by Crippen LogP contribution is -2.40. The number of hydrogen-bond donors (Lipinski definition) is 2. The van der Waals surface area contributed by atoms with Crippen molar-refractivity contribution in [1.82, 2.24) is 5.32 Å². The molecule has 20 heavy (non-hydrogen) atoms. The lowest BCUT2D eigenvalue weighted by atomic mass is 10.1. The smallest absolute Gasteiger partial charge is 0.408 e. The summed E-state index contributed by atoms with van der Waals surface area (Å²) in [6.45, 7) is 2.38. The van der Waals surface area contributed by atoms with E-state index in [1.54, 1.807) is 0 Å². The van der Waals surface area contributed by atoms with Crippen molar-refractivity contribution in [3.05, 3.63) is 35.9 Å². The molecule has 2 unspecified atom stereocenters. The minimum absolute atomic E-state index is 0.367. The quantitative estimate of drug-likeness (QED) is 0.440. The van der Waals surface area contributed by atoms with E-state index in [-0.39, 0.29) is 0 Å². The molecule has 0 spiro atoms. The number of nitrogens with one attached hydrogen (secondary N) is 1. The number of aliphatic hydroxyl groups is 1. The van der Waals surface area contributed by atoms with Gasteiger partial charge in [0.1, 0.15) is 5.50 Å². The summed E-state index contributed by atoms with van der Waals surface area (Å²) >= 11 is 5.94. The number of rotatable bonds is 8. The van der Waals surface area contributed by atoms with E-state index in [1.165, 1.54) is 0 Å². The van der Waals surface area contributed by atoms with Crippen LogP contribution in [0.2, 0.25) is 0 Å². The minimum atomic E-state index is -0.840. The lowest BCUT2D eigenvalue weighted by molar-refractivity contribution is 0.119. The fourth-order valence-corrected chi connectivity index (χ4v) is 1.88. The first-order valence-corrected chi connectivity index (χ1v) is 7.36. The maximum atomic E-state index is 11.4. The Hall–Kier alpha value is -1.26. The summed E-state index contributed by atoms with van der Waals surface area (Å²) in [4.78, 5) is 11.4. The summed E-state index contributed by atoms with van der Waals surface area (Å²) < 4.78 is 4.92. The lowest BCUT2D eigenvalue weighted by Gasteiger charge is -2.18. The second kappa shape index (κ2) is 9.61. The molecule has 1 aromatic rings. The van der Waals surface area contributed by atoms with Crippen LogP contribution in [-0.2, 0) is 11.2 Å². The van der Waals surface area contributed by atoms with E-state index in [9.17, 15) is 9.90 Å². The van der Waals surface area contributed by atoms with Gasteiger partial charge in [-0.1, -0.05) is 55.3 Å². The third kappa shape index (κ3) is 6.78. The summed E-state index contributed by atoms with van der Waals surface area (Å²) in [5, 5.41) is 12.3. The van der Waals surface area contributed by atoms with E-state index < -0.39 is 17.7 Å². The van der Waals surface area contributed by atoms with Gasteiger partial charge in [0.15, 0.2) is 0 Å². The van der Waals surface area contributed by atoms with Crippen LogP contribution < -0.4 is 5.32 Å². The van der Waals surface area contributed by atoms with Crippen molar-refractivity contribution >= 4 is 17.7 Å². The maximum absolute atomic E-state index is 11.4. The van der Waals surface area contributed by atoms with Gasteiger partial charge in [-0.2, -0.15) is 0 Å². The van der Waals surface area contributed by atoms with Gasteiger partial charge in [0.25, 0.3) is 0 Å². The van der Waals surface area contributed by atoms with Crippen molar-refractivity contribution in [3.8, 4) is 0 Å². The maximum Gasteiger partial charge on any atom is 0.408 e. The molecule has 0 fully saturated rings. The molecular weight excluding hydrogens is 278 g/mol. The van der Waals surface area contributed by atoms with E-state index in [2.05, 4.69) is 5.32 Å². The Bertz CT molecular complexity index is 386. The van der Waals surface area contributed by atoms with Crippen LogP contribution in [-0.4, -0.2) is 29.4 Å². The molecule has 4 nitrogen and oxygen atoms in total. The average molecular weight is 300 g/mol. The first kappa shape index (κ1) is 16.8. The Morgan fingerprint density at radius 3 is 2.75 bits per heavy atom. The second-order valence-corrected chi connectivity index (χ2v) is 5.10. The van der Waals surface area contributed by atoms with Crippen LogP contribution in [0.3, 0.4) is 0 Å². The van der Waals surface area contributed by atoms with Gasteiger partial charge in [-0.3, -0.25) is 0 Å². The van der Waals surface area contributed by atoms with Crippen LogP contribution in [0.5, 0.6) is 0 Å². The number of benzene rings is 1. The SMILES string of the molecule is CCCCOC(=O)NC(Cl)C(O)CCc1ccccc1. The fraction of sp³-hybridized carbons (Fsp3) is 0.533. The number of carbonyl (C=O) groups excluding carboxylic acids is 1. The Labute approximate surface area is 125 Å². The van der Waals surface area contributed by atoms with Crippen molar-refractivity contribution in [2.24, 2.45) is 0 Å². The molecule has 112 valence electrons. The number of aliphatic hydroxyl groups excluding tert-OH is 1. The normalized spacial score (nSPS) is 13.6. The van der Waals surface area contributed by atoms with E-state index >= 15 is 0 Å². The minimum Gasteiger partial charge on any atom is -0.450 e. The van der Waals surface area contributed by atoms with Crippen molar-refractivity contribution in [2.45, 2.75) is 44.2 Å². The molecule has 0 aliphatic carbocycles. The van der Waals surface area contributed by atoms with Crippen LogP contribution in [0.25, 0.3) is 0 Å². The number of carbonyl (C=O) groups is 1. The van der Waals surface area contributed by atoms with E-state index in [1.807, 2.05) is 37.3 Å². The molecule has 1 rings (SSSR count). The van der Waals surface area contributed by atoms with Crippen LogP contribution in [0.4, 0.5) is 4.79 Å². The molecule has 5 heteroatoms. The molecule has 0 aliphatic heterocycles. The van der Waals surface area contributed by atoms with Gasteiger partial charge < -0.3 is 15.2 Å².